The van der Waals surface area contributed by atoms with Gasteiger partial charge in [0.2, 0.25) is 5.91 Å². The lowest BCUT2D eigenvalue weighted by Crippen LogP contribution is -2.69. The summed E-state index contributed by atoms with van der Waals surface area (Å²) >= 11 is 0. The van der Waals surface area contributed by atoms with Gasteiger partial charge in [-0.3, -0.25) is 19.4 Å². The second-order valence-electron chi connectivity index (χ2n) is 9.54. The van der Waals surface area contributed by atoms with Crippen LogP contribution in [-0.2, 0) is 9.59 Å². The van der Waals surface area contributed by atoms with Gasteiger partial charge in [-0.2, -0.15) is 0 Å². The third kappa shape index (κ3) is 9.44. The average Bonchev–Trinajstić information content (AvgIpc) is 2.75. The summed E-state index contributed by atoms with van der Waals surface area (Å²) in [5.74, 6) is -0.991. The number of rotatable bonds is 5. The number of carbonyl (C=O) groups is 2. The van der Waals surface area contributed by atoms with Crippen molar-refractivity contribution in [3.63, 3.8) is 0 Å². The van der Waals surface area contributed by atoms with Crippen molar-refractivity contribution in [1.29, 1.82) is 0 Å². The van der Waals surface area contributed by atoms with Crippen molar-refractivity contribution in [3.05, 3.63) is 0 Å². The Labute approximate surface area is 198 Å². The van der Waals surface area contributed by atoms with Crippen LogP contribution in [0.4, 0.5) is 0 Å². The normalized spacial score (nSPS) is 30.2. The second kappa shape index (κ2) is 14.1. The van der Waals surface area contributed by atoms with Gasteiger partial charge in [-0.25, -0.2) is 0 Å². The summed E-state index contributed by atoms with van der Waals surface area (Å²) in [5, 5.41) is 26.3. The van der Waals surface area contributed by atoms with Gasteiger partial charge in [0.25, 0.3) is 0 Å². The molecule has 11 heteroatoms. The number of carbonyl (C=O) groups excluding carboxylic acids is 1. The lowest BCUT2D eigenvalue weighted by atomic mass is 10.0. The van der Waals surface area contributed by atoms with E-state index in [4.69, 9.17) is 10.8 Å². The van der Waals surface area contributed by atoms with E-state index in [-0.39, 0.29) is 18.7 Å². The summed E-state index contributed by atoms with van der Waals surface area (Å²) in [6, 6.07) is 0. The van der Waals surface area contributed by atoms with Crippen molar-refractivity contribution >= 4 is 11.9 Å². The predicted molar refractivity (Wildman–Crippen MR) is 130 cm³/mol. The van der Waals surface area contributed by atoms with E-state index in [9.17, 15) is 9.59 Å². The van der Waals surface area contributed by atoms with Gasteiger partial charge in [-0.1, -0.05) is 0 Å². The summed E-state index contributed by atoms with van der Waals surface area (Å²) < 4.78 is 0. The smallest absolute Gasteiger partial charge is 0.303 e. The van der Waals surface area contributed by atoms with Crippen LogP contribution in [0.2, 0.25) is 0 Å². The number of hydrogen-bond donors (Lipinski definition) is 7. The van der Waals surface area contributed by atoms with Crippen molar-refractivity contribution in [2.45, 2.75) is 49.9 Å². The molecule has 0 aromatic rings. The van der Waals surface area contributed by atoms with Crippen molar-refractivity contribution in [2.75, 3.05) is 79.5 Å². The number of nitrogens with zero attached hydrogens (tertiary/aromatic N) is 2. The maximum Gasteiger partial charge on any atom is 0.303 e. The lowest BCUT2D eigenvalue weighted by molar-refractivity contribution is -0.137. The molecule has 8 N–H and O–H groups in total. The molecular formula is C22H46N8O3. The predicted octanol–water partition coefficient (Wildman–Crippen LogP) is -1.87. The molecule has 0 spiro atoms. The third-order valence-corrected chi connectivity index (χ3v) is 6.76. The minimum Gasteiger partial charge on any atom is -0.481 e. The van der Waals surface area contributed by atoms with Crippen molar-refractivity contribution in [1.82, 2.24) is 36.4 Å². The van der Waals surface area contributed by atoms with Crippen LogP contribution in [0.25, 0.3) is 0 Å². The number of hydrogen-bond acceptors (Lipinski definition) is 9. The number of fused-ring (bicyclic) bond motifs is 6. The van der Waals surface area contributed by atoms with E-state index < -0.39 is 17.3 Å². The van der Waals surface area contributed by atoms with E-state index in [1.165, 1.54) is 0 Å². The molecule has 192 valence electrons. The molecule has 0 aliphatic carbocycles. The van der Waals surface area contributed by atoms with E-state index in [0.29, 0.717) is 19.5 Å². The molecule has 2 fully saturated rings. The summed E-state index contributed by atoms with van der Waals surface area (Å²) in [6.07, 6.45) is 3.35. The molecule has 0 atom stereocenters. The molecule has 2 saturated heterocycles. The molecule has 2 rings (SSSR count). The highest BCUT2D eigenvalue weighted by Crippen LogP contribution is 2.14. The average molecular weight is 471 g/mol. The Bertz CT molecular complexity index is 588. The van der Waals surface area contributed by atoms with Gasteiger partial charge in [0.1, 0.15) is 5.66 Å². The zero-order valence-corrected chi connectivity index (χ0v) is 20.5. The first-order valence-electron chi connectivity index (χ1n) is 12.3. The number of carboxylic acid groups (broad SMARTS) is 1. The molecule has 0 saturated carbocycles. The molecule has 33 heavy (non-hydrogen) atoms. The minimum atomic E-state index is -0.875. The number of nitrogens with one attached hydrogen (secondary N) is 5. The summed E-state index contributed by atoms with van der Waals surface area (Å²) in [7, 11) is 4.14. The first-order valence-corrected chi connectivity index (χ1v) is 12.3. The monoisotopic (exact) mass is 470 g/mol. The standard InChI is InChI=1S/C22H46N8O3/c1-29-13-6-14-30(2)22(28-19(31)7-3-8-20(32)33)17-26-11-4-9-24-15-21(29,23)16-25-10-5-12-27-18-22/h24-27H,3-18,23H2,1-2H3,(H,28,31)(H,32,33)/t21-,22+. The lowest BCUT2D eigenvalue weighted by Gasteiger charge is -2.44. The van der Waals surface area contributed by atoms with Crippen LogP contribution in [-0.4, -0.2) is 118 Å². The molecule has 2 bridgehead atoms. The van der Waals surface area contributed by atoms with Gasteiger partial charge in [0, 0.05) is 52.1 Å². The Morgan fingerprint density at radius 2 is 1.36 bits per heavy atom. The molecule has 1 amide bonds. The Morgan fingerprint density at radius 1 is 0.848 bits per heavy atom. The van der Waals surface area contributed by atoms with Crippen LogP contribution in [0.1, 0.15) is 38.5 Å². The van der Waals surface area contributed by atoms with Crippen molar-refractivity contribution < 1.29 is 14.7 Å². The van der Waals surface area contributed by atoms with Crippen molar-refractivity contribution in [3.8, 4) is 0 Å². The third-order valence-electron chi connectivity index (χ3n) is 6.76. The van der Waals surface area contributed by atoms with Gasteiger partial charge in [0.05, 0.1) is 5.66 Å². The molecule has 2 heterocycles. The maximum absolute atomic E-state index is 12.8. The molecule has 0 unspecified atom stereocenters. The highest BCUT2D eigenvalue weighted by atomic mass is 16.4. The zero-order chi connectivity index (χ0) is 24.2. The topological polar surface area (TPSA) is 147 Å². The van der Waals surface area contributed by atoms with Gasteiger partial charge >= 0.3 is 5.97 Å². The highest BCUT2D eigenvalue weighted by molar-refractivity contribution is 5.77. The van der Waals surface area contributed by atoms with E-state index >= 15 is 0 Å². The number of aliphatic carboxylic acids is 1. The number of amides is 1. The molecule has 2 aliphatic rings. The number of carboxylic acids is 1. The van der Waals surface area contributed by atoms with E-state index in [1.807, 2.05) is 0 Å². The van der Waals surface area contributed by atoms with Crippen LogP contribution in [0.5, 0.6) is 0 Å². The van der Waals surface area contributed by atoms with Gasteiger partial charge in [0.15, 0.2) is 0 Å². The highest BCUT2D eigenvalue weighted by Gasteiger charge is 2.36. The summed E-state index contributed by atoms with van der Waals surface area (Å²) in [4.78, 5) is 28.1. The number of nitrogens with two attached hydrogens (primary N) is 1. The zero-order valence-electron chi connectivity index (χ0n) is 20.5. The Hall–Kier alpha value is -1.34. The quantitative estimate of drug-likeness (QED) is 0.244. The summed E-state index contributed by atoms with van der Waals surface area (Å²) in [6.45, 7) is 7.67. The van der Waals surface area contributed by atoms with Crippen LogP contribution in [0.15, 0.2) is 0 Å². The van der Waals surface area contributed by atoms with Crippen LogP contribution in [0.3, 0.4) is 0 Å². The largest absolute Gasteiger partial charge is 0.481 e. The van der Waals surface area contributed by atoms with Crippen LogP contribution < -0.4 is 32.3 Å². The van der Waals surface area contributed by atoms with E-state index in [1.54, 1.807) is 0 Å². The minimum absolute atomic E-state index is 0.0000667. The molecular weight excluding hydrogens is 424 g/mol. The van der Waals surface area contributed by atoms with Crippen molar-refractivity contribution in [2.24, 2.45) is 5.73 Å². The van der Waals surface area contributed by atoms with Crippen LogP contribution in [0, 0.1) is 0 Å². The fourth-order valence-corrected chi connectivity index (χ4v) is 4.43. The fraction of sp³-hybridized carbons (Fsp3) is 0.909. The fourth-order valence-electron chi connectivity index (χ4n) is 4.43. The molecule has 11 nitrogen and oxygen atoms in total. The Balaban J connectivity index is 2.21. The van der Waals surface area contributed by atoms with Gasteiger partial charge < -0.3 is 37.4 Å². The molecule has 0 aromatic heterocycles. The first-order chi connectivity index (χ1) is 15.8. The van der Waals surface area contributed by atoms with Gasteiger partial charge in [-0.05, 0) is 66.0 Å². The molecule has 0 aromatic carbocycles. The first kappa shape index (κ1) is 27.9. The number of likely N-dealkylation sites (N-methyl/N-ethyl adjacent to an activating group) is 2. The Morgan fingerprint density at radius 3 is 1.91 bits per heavy atom. The Kier molecular flexibility index (Phi) is 12.0. The van der Waals surface area contributed by atoms with E-state index in [2.05, 4.69) is 50.5 Å². The van der Waals surface area contributed by atoms with Gasteiger partial charge in [-0.15, -0.1) is 0 Å². The van der Waals surface area contributed by atoms with Crippen LogP contribution >= 0.6 is 0 Å². The summed E-state index contributed by atoms with van der Waals surface area (Å²) in [5.41, 5.74) is 5.76. The maximum atomic E-state index is 12.8. The molecule has 2 aliphatic heterocycles. The van der Waals surface area contributed by atoms with E-state index in [0.717, 1.165) is 71.6 Å². The SMILES string of the molecule is CN1CCCN(C)[C@]2(NC(=O)CCCC(=O)O)CNCCCNC[C@@]1(N)CNCCCNC2. The second-order valence-corrected chi connectivity index (χ2v) is 9.54. The molecule has 0 radical (unpaired) electrons.